The molecule has 0 spiro atoms. The third-order valence-electron chi connectivity index (χ3n) is 3.90. The summed E-state index contributed by atoms with van der Waals surface area (Å²) in [6.07, 6.45) is -5.08. The number of carboxylic acid groups (broad SMARTS) is 2. The van der Waals surface area contributed by atoms with Crippen molar-refractivity contribution in [1.82, 2.24) is 4.57 Å². The molecule has 3 rings (SSSR count). The number of hydrogen-bond acceptors (Lipinski definition) is 3. The fourth-order valence-corrected chi connectivity index (χ4v) is 2.61. The number of rotatable bonds is 4. The second-order valence-electron chi connectivity index (χ2n) is 6.04. The Hall–Kier alpha value is -3.89. The van der Waals surface area contributed by atoms with Crippen LogP contribution in [0.2, 0.25) is 0 Å². The predicted octanol–water partition coefficient (Wildman–Crippen LogP) is 3.44. The molecular formula is C19H15F4N3O4. The lowest BCUT2D eigenvalue weighted by atomic mass is 10.1. The Morgan fingerprint density at radius 1 is 1.07 bits per heavy atom. The average Bonchev–Trinajstić information content (AvgIpc) is 2.99. The summed E-state index contributed by atoms with van der Waals surface area (Å²) in [5, 5.41) is 24.5. The summed E-state index contributed by atoms with van der Waals surface area (Å²) in [6, 6.07) is 12.7. The van der Waals surface area contributed by atoms with Crippen molar-refractivity contribution >= 4 is 28.7 Å². The predicted molar refractivity (Wildman–Crippen MR) is 99.1 cm³/mol. The van der Waals surface area contributed by atoms with E-state index in [0.717, 1.165) is 5.56 Å². The summed E-state index contributed by atoms with van der Waals surface area (Å²) in [5.74, 6) is -4.30. The van der Waals surface area contributed by atoms with Gasteiger partial charge in [0.15, 0.2) is 0 Å². The van der Waals surface area contributed by atoms with Crippen LogP contribution in [0.15, 0.2) is 48.5 Å². The highest BCUT2D eigenvalue weighted by Crippen LogP contribution is 2.23. The van der Waals surface area contributed by atoms with Gasteiger partial charge in [0.25, 0.3) is 0 Å². The number of nitrogens with two attached hydrogens (primary N) is 1. The Morgan fingerprint density at radius 2 is 1.70 bits per heavy atom. The molecule has 0 atom stereocenters. The average molecular weight is 425 g/mol. The molecule has 3 aromatic rings. The highest BCUT2D eigenvalue weighted by atomic mass is 19.4. The zero-order chi connectivity index (χ0) is 22.6. The van der Waals surface area contributed by atoms with Crippen LogP contribution in [0.1, 0.15) is 21.6 Å². The number of hydrogen-bond donors (Lipinski definition) is 4. The molecule has 1 heterocycles. The molecule has 0 amide bonds. The van der Waals surface area contributed by atoms with Crippen molar-refractivity contribution in [1.29, 1.82) is 5.41 Å². The van der Waals surface area contributed by atoms with E-state index in [4.69, 9.17) is 21.0 Å². The number of nitrogen functional groups attached to an aromatic ring is 1. The lowest BCUT2D eigenvalue weighted by molar-refractivity contribution is -0.192. The maximum Gasteiger partial charge on any atom is 0.490 e. The molecule has 0 saturated heterocycles. The van der Waals surface area contributed by atoms with Gasteiger partial charge >= 0.3 is 18.1 Å². The molecule has 0 bridgehead atoms. The first-order chi connectivity index (χ1) is 13.9. The lowest BCUT2D eigenvalue weighted by Gasteiger charge is -2.10. The molecule has 5 N–H and O–H groups in total. The van der Waals surface area contributed by atoms with Gasteiger partial charge in [-0.2, -0.15) is 13.2 Å². The van der Waals surface area contributed by atoms with Crippen LogP contribution in [0, 0.1) is 11.2 Å². The molecule has 2 aromatic carbocycles. The van der Waals surface area contributed by atoms with Gasteiger partial charge in [-0.25, -0.2) is 14.0 Å². The van der Waals surface area contributed by atoms with Crippen LogP contribution in [0.3, 0.4) is 0 Å². The third kappa shape index (κ3) is 5.34. The summed E-state index contributed by atoms with van der Waals surface area (Å²) in [7, 11) is 0. The highest BCUT2D eigenvalue weighted by Gasteiger charge is 2.38. The van der Waals surface area contributed by atoms with E-state index in [-0.39, 0.29) is 18.1 Å². The topological polar surface area (TPSA) is 129 Å². The number of benzene rings is 2. The maximum absolute atomic E-state index is 13.4. The van der Waals surface area contributed by atoms with Crippen LogP contribution in [-0.2, 0) is 11.3 Å². The molecule has 0 aliphatic rings. The molecule has 11 heteroatoms. The van der Waals surface area contributed by atoms with E-state index < -0.39 is 23.9 Å². The van der Waals surface area contributed by atoms with Crippen molar-refractivity contribution in [3.63, 3.8) is 0 Å². The number of aromatic carboxylic acids is 1. The van der Waals surface area contributed by atoms with Gasteiger partial charge in [-0.3, -0.25) is 5.41 Å². The number of carboxylic acids is 2. The van der Waals surface area contributed by atoms with Gasteiger partial charge in [-0.15, -0.1) is 0 Å². The fraction of sp³-hybridized carbons (Fsp3) is 0.105. The van der Waals surface area contributed by atoms with Crippen molar-refractivity contribution in [2.75, 3.05) is 0 Å². The zero-order valence-electron chi connectivity index (χ0n) is 15.1. The van der Waals surface area contributed by atoms with Crippen molar-refractivity contribution in [3.8, 4) is 0 Å². The van der Waals surface area contributed by atoms with Crippen molar-refractivity contribution in [3.05, 3.63) is 71.2 Å². The van der Waals surface area contributed by atoms with E-state index in [2.05, 4.69) is 0 Å². The molecule has 0 aliphatic carbocycles. The smallest absolute Gasteiger partial charge is 0.477 e. The normalized spacial score (nSPS) is 10.9. The minimum atomic E-state index is -5.08. The number of fused-ring (bicyclic) bond motifs is 1. The van der Waals surface area contributed by atoms with Crippen molar-refractivity contribution < 1.29 is 37.4 Å². The Bertz CT molecular complexity index is 1120. The van der Waals surface area contributed by atoms with Gasteiger partial charge in [-0.05, 0) is 35.9 Å². The highest BCUT2D eigenvalue weighted by molar-refractivity contribution is 5.95. The van der Waals surface area contributed by atoms with Crippen LogP contribution in [0.4, 0.5) is 17.6 Å². The zero-order valence-corrected chi connectivity index (χ0v) is 15.1. The lowest BCUT2D eigenvalue weighted by Crippen LogP contribution is -2.21. The van der Waals surface area contributed by atoms with E-state index in [1.54, 1.807) is 28.8 Å². The van der Waals surface area contributed by atoms with Gasteiger partial charge in [0, 0.05) is 23.0 Å². The minimum Gasteiger partial charge on any atom is -0.477 e. The molecule has 158 valence electrons. The third-order valence-corrected chi connectivity index (χ3v) is 3.90. The molecular weight excluding hydrogens is 410 g/mol. The van der Waals surface area contributed by atoms with Crippen LogP contribution in [-0.4, -0.2) is 38.7 Å². The number of carbonyl (C=O) groups is 2. The first-order valence-electron chi connectivity index (χ1n) is 8.15. The first kappa shape index (κ1) is 22.4. The second kappa shape index (κ2) is 8.64. The van der Waals surface area contributed by atoms with Crippen molar-refractivity contribution in [2.45, 2.75) is 12.7 Å². The number of aliphatic carboxylic acids is 1. The van der Waals surface area contributed by atoms with Gasteiger partial charge < -0.3 is 20.5 Å². The SMILES string of the molecule is N=C(N)c1cccc(Cn2c(C(=O)O)cc3cc(F)ccc32)c1.O=C(O)C(F)(F)F. The van der Waals surface area contributed by atoms with E-state index in [9.17, 15) is 27.5 Å². The number of amidine groups is 1. The van der Waals surface area contributed by atoms with Crippen molar-refractivity contribution in [2.24, 2.45) is 5.73 Å². The number of aromatic nitrogens is 1. The molecule has 0 saturated carbocycles. The van der Waals surface area contributed by atoms with Gasteiger partial charge in [-0.1, -0.05) is 18.2 Å². The van der Waals surface area contributed by atoms with Crippen LogP contribution >= 0.6 is 0 Å². The fourth-order valence-electron chi connectivity index (χ4n) is 2.61. The maximum atomic E-state index is 13.4. The molecule has 0 fully saturated rings. The summed E-state index contributed by atoms with van der Waals surface area (Å²) in [5.41, 5.74) is 7.58. The second-order valence-corrected chi connectivity index (χ2v) is 6.04. The molecule has 0 radical (unpaired) electrons. The number of halogens is 4. The van der Waals surface area contributed by atoms with Crippen LogP contribution in [0.25, 0.3) is 10.9 Å². The molecule has 1 aromatic heterocycles. The number of nitrogens with one attached hydrogen (secondary N) is 1. The molecule has 30 heavy (non-hydrogen) atoms. The van der Waals surface area contributed by atoms with Gasteiger partial charge in [0.05, 0.1) is 0 Å². The van der Waals surface area contributed by atoms with E-state index in [1.165, 1.54) is 18.2 Å². The van der Waals surface area contributed by atoms with Crippen LogP contribution < -0.4 is 5.73 Å². The monoisotopic (exact) mass is 425 g/mol. The quantitative estimate of drug-likeness (QED) is 0.289. The first-order valence-corrected chi connectivity index (χ1v) is 8.15. The van der Waals surface area contributed by atoms with Gasteiger partial charge in [0.1, 0.15) is 17.3 Å². The number of nitrogens with zero attached hydrogens (tertiary/aromatic N) is 1. The summed E-state index contributed by atoms with van der Waals surface area (Å²) in [6.45, 7) is 0.290. The van der Waals surface area contributed by atoms with Gasteiger partial charge in [0.2, 0.25) is 0 Å². The minimum absolute atomic E-state index is 0.0512. The summed E-state index contributed by atoms with van der Waals surface area (Å²) < 4.78 is 46.7. The largest absolute Gasteiger partial charge is 0.490 e. The number of alkyl halides is 3. The summed E-state index contributed by atoms with van der Waals surface area (Å²) >= 11 is 0. The summed E-state index contributed by atoms with van der Waals surface area (Å²) in [4.78, 5) is 20.4. The molecule has 0 aliphatic heterocycles. The van der Waals surface area contributed by atoms with Crippen LogP contribution in [0.5, 0.6) is 0 Å². The standard InChI is InChI=1S/C17H14FN3O2.C2HF3O2/c18-13-4-5-14-12(7-13)8-15(17(22)23)21(14)9-10-2-1-3-11(6-10)16(19)20;3-2(4,5)1(6)7/h1-8H,9H2,(H3,19,20)(H,22,23);(H,6,7). The Kier molecular flexibility index (Phi) is 6.45. The van der Waals surface area contributed by atoms with E-state index >= 15 is 0 Å². The Labute approximate surface area is 166 Å². The Balaban J connectivity index is 0.000000396. The Morgan fingerprint density at radius 3 is 2.23 bits per heavy atom. The molecule has 0 unspecified atom stereocenters. The van der Waals surface area contributed by atoms with E-state index in [0.29, 0.717) is 16.5 Å². The molecule has 7 nitrogen and oxygen atoms in total. The van der Waals surface area contributed by atoms with E-state index in [1.807, 2.05) is 6.07 Å².